The van der Waals surface area contributed by atoms with Crippen LogP contribution < -0.4 is 10.1 Å². The molecule has 3 nitrogen and oxygen atoms in total. The number of nitrogens with one attached hydrogen (secondary N) is 1. The maximum Gasteiger partial charge on any atom is 0.255 e. The van der Waals surface area contributed by atoms with E-state index in [0.29, 0.717) is 43.1 Å². The molecule has 0 unspecified atom stereocenters. The second-order valence-electron chi connectivity index (χ2n) is 4.69. The highest BCUT2D eigenvalue weighted by atomic mass is 79.9. The summed E-state index contributed by atoms with van der Waals surface area (Å²) in [7, 11) is 0. The average Bonchev–Trinajstić information content (AvgIpc) is 2.51. The summed E-state index contributed by atoms with van der Waals surface area (Å²) >= 11 is 21.3. The first kappa shape index (κ1) is 18.4. The van der Waals surface area contributed by atoms with Gasteiger partial charge in [-0.3, -0.25) is 4.79 Å². The van der Waals surface area contributed by atoms with Gasteiger partial charge < -0.3 is 10.1 Å². The molecular formula is C16H13BrCl3NO2. The predicted octanol–water partition coefficient (Wildman–Crippen LogP) is 6.45. The van der Waals surface area contributed by atoms with Gasteiger partial charge in [-0.2, -0.15) is 0 Å². The molecule has 1 amide bonds. The van der Waals surface area contributed by atoms with Crippen LogP contribution in [0, 0.1) is 0 Å². The minimum Gasteiger partial charge on any atom is -0.492 e. The Morgan fingerprint density at radius 2 is 1.83 bits per heavy atom. The smallest absolute Gasteiger partial charge is 0.255 e. The van der Waals surface area contributed by atoms with Crippen LogP contribution in [0.25, 0.3) is 0 Å². The molecule has 0 saturated carbocycles. The normalized spacial score (nSPS) is 10.5. The Balaban J connectivity index is 2.18. The number of hydrogen-bond donors (Lipinski definition) is 1. The van der Waals surface area contributed by atoms with Crippen LogP contribution in [-0.2, 0) is 0 Å². The van der Waals surface area contributed by atoms with Crippen LogP contribution >= 0.6 is 50.7 Å². The SMILES string of the molecule is CCCOc1ccc(C(=O)Nc2cc(Cl)c(Cl)cc2Cl)cc1Br. The van der Waals surface area contributed by atoms with Crippen molar-refractivity contribution in [3.8, 4) is 5.75 Å². The summed E-state index contributed by atoms with van der Waals surface area (Å²) < 4.78 is 6.26. The van der Waals surface area contributed by atoms with Gasteiger partial charge in [0.15, 0.2) is 0 Å². The molecule has 2 rings (SSSR count). The first-order valence-corrected chi connectivity index (χ1v) is 8.73. The second kappa shape index (κ2) is 8.25. The van der Waals surface area contributed by atoms with E-state index < -0.39 is 0 Å². The monoisotopic (exact) mass is 435 g/mol. The Kier molecular flexibility index (Phi) is 6.60. The molecule has 0 fully saturated rings. The third-order valence-corrected chi connectivity index (χ3v) is 4.57. The van der Waals surface area contributed by atoms with E-state index in [1.165, 1.54) is 12.1 Å². The van der Waals surface area contributed by atoms with Crippen LogP contribution in [-0.4, -0.2) is 12.5 Å². The number of carbonyl (C=O) groups excluding carboxylic acids is 1. The van der Waals surface area contributed by atoms with E-state index >= 15 is 0 Å². The van der Waals surface area contributed by atoms with Crippen molar-refractivity contribution in [1.29, 1.82) is 0 Å². The quantitative estimate of drug-likeness (QED) is 0.546. The predicted molar refractivity (Wildman–Crippen MR) is 99.4 cm³/mol. The van der Waals surface area contributed by atoms with Crippen molar-refractivity contribution in [1.82, 2.24) is 0 Å². The molecule has 0 radical (unpaired) electrons. The van der Waals surface area contributed by atoms with E-state index in [1.54, 1.807) is 18.2 Å². The van der Waals surface area contributed by atoms with Gasteiger partial charge in [-0.1, -0.05) is 41.7 Å². The van der Waals surface area contributed by atoms with Gasteiger partial charge >= 0.3 is 0 Å². The fourth-order valence-corrected chi connectivity index (χ4v) is 2.87. The summed E-state index contributed by atoms with van der Waals surface area (Å²) in [5.41, 5.74) is 0.858. The first-order valence-electron chi connectivity index (χ1n) is 6.80. The molecule has 2 aromatic rings. The first-order chi connectivity index (χ1) is 10.9. The molecule has 23 heavy (non-hydrogen) atoms. The summed E-state index contributed by atoms with van der Waals surface area (Å²) in [6.45, 7) is 2.64. The Labute approximate surface area is 158 Å². The molecule has 0 heterocycles. The highest BCUT2D eigenvalue weighted by molar-refractivity contribution is 9.10. The van der Waals surface area contributed by atoms with Crippen molar-refractivity contribution in [3.05, 3.63) is 55.4 Å². The van der Waals surface area contributed by atoms with Crippen molar-refractivity contribution >= 4 is 62.3 Å². The fraction of sp³-hybridized carbons (Fsp3) is 0.188. The molecule has 0 spiro atoms. The van der Waals surface area contributed by atoms with E-state index in [0.717, 1.165) is 6.42 Å². The van der Waals surface area contributed by atoms with Gasteiger partial charge in [-0.05, 0) is 52.7 Å². The number of carbonyl (C=O) groups is 1. The summed E-state index contributed by atoms with van der Waals surface area (Å²) in [6, 6.07) is 8.10. The lowest BCUT2D eigenvalue weighted by Crippen LogP contribution is -2.12. The van der Waals surface area contributed by atoms with Crippen LogP contribution in [0.2, 0.25) is 15.1 Å². The Morgan fingerprint density at radius 3 is 2.48 bits per heavy atom. The van der Waals surface area contributed by atoms with Gasteiger partial charge in [0, 0.05) is 5.56 Å². The zero-order valence-corrected chi connectivity index (χ0v) is 16.0. The molecule has 0 atom stereocenters. The zero-order valence-electron chi connectivity index (χ0n) is 12.1. The van der Waals surface area contributed by atoms with Gasteiger partial charge in [0.05, 0.1) is 31.8 Å². The highest BCUT2D eigenvalue weighted by Crippen LogP contribution is 2.33. The summed E-state index contributed by atoms with van der Waals surface area (Å²) in [6.07, 6.45) is 0.907. The maximum atomic E-state index is 12.3. The van der Waals surface area contributed by atoms with E-state index in [1.807, 2.05) is 6.92 Å². The topological polar surface area (TPSA) is 38.3 Å². The molecule has 0 aromatic heterocycles. The molecule has 0 saturated heterocycles. The standard InChI is InChI=1S/C16H13BrCl3NO2/c1-2-5-23-15-4-3-9(6-10(15)17)16(22)21-14-8-12(19)11(18)7-13(14)20/h3-4,6-8H,2,5H2,1H3,(H,21,22). The van der Waals surface area contributed by atoms with Gasteiger partial charge in [0.1, 0.15) is 5.75 Å². The van der Waals surface area contributed by atoms with Crippen LogP contribution in [0.15, 0.2) is 34.8 Å². The molecule has 2 aromatic carbocycles. The third-order valence-electron chi connectivity index (χ3n) is 2.91. The summed E-state index contributed by atoms with van der Waals surface area (Å²) in [5.74, 6) is 0.379. The lowest BCUT2D eigenvalue weighted by molar-refractivity contribution is 0.102. The zero-order chi connectivity index (χ0) is 17.0. The van der Waals surface area contributed by atoms with Gasteiger partial charge in [-0.15, -0.1) is 0 Å². The van der Waals surface area contributed by atoms with Gasteiger partial charge in [0.2, 0.25) is 0 Å². The molecule has 0 bridgehead atoms. The van der Waals surface area contributed by atoms with Crippen molar-refractivity contribution in [2.75, 3.05) is 11.9 Å². The van der Waals surface area contributed by atoms with Crippen LogP contribution in [0.1, 0.15) is 23.7 Å². The van der Waals surface area contributed by atoms with Crippen molar-refractivity contribution in [3.63, 3.8) is 0 Å². The number of halogens is 4. The number of hydrogen-bond acceptors (Lipinski definition) is 2. The van der Waals surface area contributed by atoms with Crippen molar-refractivity contribution in [2.24, 2.45) is 0 Å². The van der Waals surface area contributed by atoms with Crippen molar-refractivity contribution in [2.45, 2.75) is 13.3 Å². The number of benzene rings is 2. The molecule has 0 aliphatic rings. The maximum absolute atomic E-state index is 12.3. The number of rotatable bonds is 5. The van der Waals surface area contributed by atoms with Crippen molar-refractivity contribution < 1.29 is 9.53 Å². The average molecular weight is 438 g/mol. The van der Waals surface area contributed by atoms with Crippen LogP contribution in [0.4, 0.5) is 5.69 Å². The third kappa shape index (κ3) is 4.77. The molecule has 1 N–H and O–H groups in total. The van der Waals surface area contributed by atoms with E-state index in [9.17, 15) is 4.79 Å². The number of anilines is 1. The minimum absolute atomic E-state index is 0.312. The van der Waals surface area contributed by atoms with Crippen LogP contribution in [0.5, 0.6) is 5.75 Å². The Morgan fingerprint density at radius 1 is 1.13 bits per heavy atom. The van der Waals surface area contributed by atoms with Gasteiger partial charge in [0.25, 0.3) is 5.91 Å². The molecule has 122 valence electrons. The molecular weight excluding hydrogens is 424 g/mol. The Hall–Kier alpha value is -0.940. The van der Waals surface area contributed by atoms with E-state index in [-0.39, 0.29) is 5.91 Å². The number of ether oxygens (including phenoxy) is 1. The number of amides is 1. The summed E-state index contributed by atoms with van der Waals surface area (Å²) in [5, 5.41) is 3.67. The second-order valence-corrected chi connectivity index (χ2v) is 6.77. The minimum atomic E-state index is -0.312. The summed E-state index contributed by atoms with van der Waals surface area (Å²) in [4.78, 5) is 12.3. The van der Waals surface area contributed by atoms with Crippen LogP contribution in [0.3, 0.4) is 0 Å². The lowest BCUT2D eigenvalue weighted by Gasteiger charge is -2.11. The van der Waals surface area contributed by atoms with E-state index in [4.69, 9.17) is 39.5 Å². The molecule has 7 heteroatoms. The lowest BCUT2D eigenvalue weighted by atomic mass is 10.2. The fourth-order valence-electron chi connectivity index (χ4n) is 1.78. The van der Waals surface area contributed by atoms with E-state index in [2.05, 4.69) is 21.2 Å². The van der Waals surface area contributed by atoms with Gasteiger partial charge in [-0.25, -0.2) is 0 Å². The molecule has 0 aliphatic carbocycles. The Bertz CT molecular complexity index is 738. The molecule has 0 aliphatic heterocycles. The largest absolute Gasteiger partial charge is 0.492 e. The highest BCUT2D eigenvalue weighted by Gasteiger charge is 2.13.